The van der Waals surface area contributed by atoms with Gasteiger partial charge in [-0.3, -0.25) is 0 Å². The van der Waals surface area contributed by atoms with Gasteiger partial charge < -0.3 is 9.84 Å². The Kier molecular flexibility index (Phi) is 4.86. The minimum Gasteiger partial charge on any atom is -0.496 e. The largest absolute Gasteiger partial charge is 0.496 e. The van der Waals surface area contributed by atoms with Crippen LogP contribution in [-0.4, -0.2) is 12.2 Å². The van der Waals surface area contributed by atoms with Crippen molar-refractivity contribution < 1.29 is 14.2 Å². The minimum absolute atomic E-state index is 0.117. The highest BCUT2D eigenvalue weighted by molar-refractivity contribution is 6.33. The molecule has 0 heterocycles. The summed E-state index contributed by atoms with van der Waals surface area (Å²) in [5.74, 6) is -0.217. The molecule has 0 bridgehead atoms. The zero-order valence-corrected chi connectivity index (χ0v) is 12.2. The van der Waals surface area contributed by atoms with E-state index in [0.29, 0.717) is 21.4 Å². The summed E-state index contributed by atoms with van der Waals surface area (Å²) in [5.41, 5.74) is 0.767. The summed E-state index contributed by atoms with van der Waals surface area (Å²) in [6, 6.07) is 9.35. The number of aliphatic hydroxyl groups excluding tert-OH is 1. The van der Waals surface area contributed by atoms with Crippen molar-refractivity contribution >= 4 is 23.2 Å². The van der Waals surface area contributed by atoms with E-state index in [-0.39, 0.29) is 12.0 Å². The van der Waals surface area contributed by atoms with Crippen molar-refractivity contribution in [3.05, 3.63) is 63.4 Å². The average molecular weight is 315 g/mol. The second kappa shape index (κ2) is 6.44. The maximum Gasteiger partial charge on any atom is 0.132 e. The van der Waals surface area contributed by atoms with Gasteiger partial charge in [0, 0.05) is 16.5 Å². The Morgan fingerprint density at radius 3 is 2.70 bits per heavy atom. The zero-order chi connectivity index (χ0) is 14.7. The van der Waals surface area contributed by atoms with Crippen LogP contribution in [-0.2, 0) is 6.42 Å². The van der Waals surface area contributed by atoms with Crippen LogP contribution >= 0.6 is 23.2 Å². The van der Waals surface area contributed by atoms with E-state index in [0.717, 1.165) is 0 Å². The van der Waals surface area contributed by atoms with Crippen molar-refractivity contribution in [3.63, 3.8) is 0 Å². The predicted molar refractivity (Wildman–Crippen MR) is 78.1 cm³/mol. The number of rotatable bonds is 4. The summed E-state index contributed by atoms with van der Waals surface area (Å²) in [5, 5.41) is 11.2. The summed E-state index contributed by atoms with van der Waals surface area (Å²) in [7, 11) is 1.43. The summed E-state index contributed by atoms with van der Waals surface area (Å²) in [4.78, 5) is 0. The molecular formula is C15H13Cl2FO2. The average Bonchev–Trinajstić information content (AvgIpc) is 2.42. The topological polar surface area (TPSA) is 29.5 Å². The molecule has 5 heteroatoms. The molecule has 0 amide bonds. The molecule has 0 aliphatic rings. The van der Waals surface area contributed by atoms with E-state index in [1.54, 1.807) is 24.3 Å². The molecule has 106 valence electrons. The van der Waals surface area contributed by atoms with Crippen molar-refractivity contribution in [2.75, 3.05) is 7.11 Å². The third-order valence-electron chi connectivity index (χ3n) is 2.99. The molecule has 20 heavy (non-hydrogen) atoms. The number of hydrogen-bond donors (Lipinski definition) is 1. The number of hydrogen-bond acceptors (Lipinski definition) is 2. The van der Waals surface area contributed by atoms with Gasteiger partial charge in [-0.25, -0.2) is 4.39 Å². The third-order valence-corrected chi connectivity index (χ3v) is 3.59. The molecule has 1 atom stereocenters. The van der Waals surface area contributed by atoms with Crippen LogP contribution in [0.25, 0.3) is 0 Å². The number of methoxy groups -OCH3 is 1. The highest BCUT2D eigenvalue weighted by Gasteiger charge is 2.19. The highest BCUT2D eigenvalue weighted by atomic mass is 35.5. The lowest BCUT2D eigenvalue weighted by Gasteiger charge is -2.16. The van der Waals surface area contributed by atoms with Crippen molar-refractivity contribution in [1.29, 1.82) is 0 Å². The van der Waals surface area contributed by atoms with Gasteiger partial charge in [-0.1, -0.05) is 29.3 Å². The van der Waals surface area contributed by atoms with Crippen molar-refractivity contribution in [1.82, 2.24) is 0 Å². The van der Waals surface area contributed by atoms with Gasteiger partial charge in [0.15, 0.2) is 0 Å². The molecule has 2 aromatic rings. The van der Waals surface area contributed by atoms with Gasteiger partial charge >= 0.3 is 0 Å². The van der Waals surface area contributed by atoms with E-state index in [4.69, 9.17) is 27.9 Å². The SMILES string of the molecule is COc1cccc(F)c1C(O)Cc1cc(Cl)ccc1Cl. The zero-order valence-electron chi connectivity index (χ0n) is 10.7. The molecule has 0 aromatic heterocycles. The molecule has 0 fully saturated rings. The molecule has 1 unspecified atom stereocenters. The molecule has 0 saturated carbocycles. The standard InChI is InChI=1S/C15H13Cl2FO2/c1-20-14-4-2-3-12(18)15(14)13(19)8-9-7-10(16)5-6-11(9)17/h2-7,13,19H,8H2,1H3. The number of benzene rings is 2. The van der Waals surface area contributed by atoms with Crippen molar-refractivity contribution in [2.24, 2.45) is 0 Å². The van der Waals surface area contributed by atoms with Crippen molar-refractivity contribution in [3.8, 4) is 5.75 Å². The van der Waals surface area contributed by atoms with Gasteiger partial charge in [-0.05, 0) is 35.9 Å². The molecule has 0 aliphatic heterocycles. The van der Waals surface area contributed by atoms with Crippen LogP contribution < -0.4 is 4.74 Å². The lowest BCUT2D eigenvalue weighted by Crippen LogP contribution is -2.07. The monoisotopic (exact) mass is 314 g/mol. The summed E-state index contributed by atoms with van der Waals surface area (Å²) in [6.07, 6.45) is -0.918. The van der Waals surface area contributed by atoms with Crippen LogP contribution in [0.2, 0.25) is 10.0 Å². The van der Waals surface area contributed by atoms with Gasteiger partial charge in [0.2, 0.25) is 0 Å². The first-order valence-corrected chi connectivity index (χ1v) is 6.73. The summed E-state index contributed by atoms with van der Waals surface area (Å²) in [6.45, 7) is 0. The number of halogens is 3. The number of aliphatic hydroxyl groups is 1. The van der Waals surface area contributed by atoms with Gasteiger partial charge in [-0.2, -0.15) is 0 Å². The fourth-order valence-electron chi connectivity index (χ4n) is 2.03. The highest BCUT2D eigenvalue weighted by Crippen LogP contribution is 2.32. The first-order valence-electron chi connectivity index (χ1n) is 5.97. The smallest absolute Gasteiger partial charge is 0.132 e. The van der Waals surface area contributed by atoms with Crippen LogP contribution in [0.3, 0.4) is 0 Å². The van der Waals surface area contributed by atoms with Crippen molar-refractivity contribution in [2.45, 2.75) is 12.5 Å². The van der Waals surface area contributed by atoms with Crippen LogP contribution in [0.1, 0.15) is 17.2 Å². The van der Waals surface area contributed by atoms with Crippen LogP contribution in [0.15, 0.2) is 36.4 Å². The summed E-state index contributed by atoms with van der Waals surface area (Å²) < 4.78 is 19.0. The predicted octanol–water partition coefficient (Wildman–Crippen LogP) is 4.42. The molecule has 1 N–H and O–H groups in total. The quantitative estimate of drug-likeness (QED) is 0.905. The molecule has 2 nitrogen and oxygen atoms in total. The Morgan fingerprint density at radius 1 is 1.25 bits per heavy atom. The Labute approximate surface area is 126 Å². The molecule has 0 radical (unpaired) electrons. The van der Waals surface area contributed by atoms with Crippen LogP contribution in [0.5, 0.6) is 5.75 Å². The van der Waals surface area contributed by atoms with E-state index in [2.05, 4.69) is 0 Å². The van der Waals surface area contributed by atoms with Gasteiger partial charge in [-0.15, -0.1) is 0 Å². The molecule has 0 saturated heterocycles. The molecule has 0 aliphatic carbocycles. The maximum absolute atomic E-state index is 13.9. The van der Waals surface area contributed by atoms with E-state index in [1.807, 2.05) is 0 Å². The molecule has 2 aromatic carbocycles. The Balaban J connectivity index is 2.33. The van der Waals surface area contributed by atoms with E-state index >= 15 is 0 Å². The first kappa shape index (κ1) is 15.1. The molecule has 2 rings (SSSR count). The Morgan fingerprint density at radius 2 is 2.00 bits per heavy atom. The van der Waals surface area contributed by atoms with Gasteiger partial charge in [0.1, 0.15) is 11.6 Å². The van der Waals surface area contributed by atoms with E-state index in [1.165, 1.54) is 19.2 Å². The molecular weight excluding hydrogens is 302 g/mol. The van der Waals surface area contributed by atoms with E-state index in [9.17, 15) is 9.50 Å². The van der Waals surface area contributed by atoms with Crippen LogP contribution in [0, 0.1) is 5.82 Å². The Bertz CT molecular complexity index is 617. The summed E-state index contributed by atoms with van der Waals surface area (Å²) >= 11 is 11.9. The lowest BCUT2D eigenvalue weighted by atomic mass is 10.00. The normalized spacial score (nSPS) is 12.2. The minimum atomic E-state index is -1.07. The Hall–Kier alpha value is -1.29. The maximum atomic E-state index is 13.9. The van der Waals surface area contributed by atoms with Gasteiger partial charge in [0.25, 0.3) is 0 Å². The second-order valence-electron chi connectivity index (χ2n) is 4.31. The second-order valence-corrected chi connectivity index (χ2v) is 5.16. The first-order chi connectivity index (χ1) is 9.52. The fraction of sp³-hybridized carbons (Fsp3) is 0.200. The van der Waals surface area contributed by atoms with E-state index < -0.39 is 11.9 Å². The third kappa shape index (κ3) is 3.23. The fourth-order valence-corrected chi connectivity index (χ4v) is 2.42. The van der Waals surface area contributed by atoms with Gasteiger partial charge in [0.05, 0.1) is 18.8 Å². The van der Waals surface area contributed by atoms with Crippen LogP contribution in [0.4, 0.5) is 4.39 Å². The number of ether oxygens (including phenoxy) is 1. The molecule has 0 spiro atoms. The lowest BCUT2D eigenvalue weighted by molar-refractivity contribution is 0.169.